The van der Waals surface area contributed by atoms with E-state index >= 15 is 0 Å². The lowest BCUT2D eigenvalue weighted by atomic mass is 10.5. The first-order valence-electron chi connectivity index (χ1n) is 5.26. The van der Waals surface area contributed by atoms with Crippen LogP contribution in [0.1, 0.15) is 20.3 Å². The molecule has 0 aliphatic rings. The van der Waals surface area contributed by atoms with Crippen LogP contribution in [0, 0.1) is 0 Å². The molecule has 1 heterocycles. The predicted octanol–water partition coefficient (Wildman–Crippen LogP) is -0.155. The lowest BCUT2D eigenvalue weighted by Gasteiger charge is -2.11. The number of nitrogens with one attached hydrogen (secondary N) is 1. The Hall–Kier alpha value is -1.49. The van der Waals surface area contributed by atoms with Crippen LogP contribution < -0.4 is 16.7 Å². The van der Waals surface area contributed by atoms with Crippen LogP contribution in [0.3, 0.4) is 0 Å². The van der Waals surface area contributed by atoms with E-state index in [1.807, 2.05) is 0 Å². The van der Waals surface area contributed by atoms with Gasteiger partial charge in [0.1, 0.15) is 0 Å². The zero-order valence-corrected chi connectivity index (χ0v) is 11.0. The van der Waals surface area contributed by atoms with Crippen LogP contribution in [0.15, 0.2) is 9.59 Å². The van der Waals surface area contributed by atoms with E-state index in [2.05, 4.69) is 10.3 Å². The summed E-state index contributed by atoms with van der Waals surface area (Å²) >= 11 is 0. The van der Waals surface area contributed by atoms with Gasteiger partial charge in [-0.15, -0.1) is 0 Å². The van der Waals surface area contributed by atoms with Crippen molar-refractivity contribution in [2.75, 3.05) is 12.0 Å². The Balaban J connectivity index is 3.37. The largest absolute Gasteiger partial charge is 0.354 e. The Morgan fingerprint density at radius 2 is 2.06 bits per heavy atom. The molecule has 0 aromatic carbocycles. The highest BCUT2D eigenvalue weighted by Crippen LogP contribution is 2.10. The number of hydrogen-bond donors (Lipinski definition) is 1. The van der Waals surface area contributed by atoms with Gasteiger partial charge in [-0.25, -0.2) is 18.5 Å². The minimum absolute atomic E-state index is 0.0254. The van der Waals surface area contributed by atoms with Gasteiger partial charge in [-0.2, -0.15) is 4.98 Å². The van der Waals surface area contributed by atoms with Crippen molar-refractivity contribution in [3.05, 3.63) is 21.0 Å². The quantitative estimate of drug-likeness (QED) is 0.761. The summed E-state index contributed by atoms with van der Waals surface area (Å²) in [4.78, 5) is 38.4. The summed E-state index contributed by atoms with van der Waals surface area (Å²) in [6.45, 7) is 5.41. The van der Waals surface area contributed by atoms with Crippen LogP contribution in [-0.4, -0.2) is 26.5 Å². The fourth-order valence-corrected chi connectivity index (χ4v) is 1.89. The van der Waals surface area contributed by atoms with Crippen LogP contribution in [0.4, 0.5) is 5.95 Å². The van der Waals surface area contributed by atoms with Gasteiger partial charge in [0.25, 0.3) is 0 Å². The van der Waals surface area contributed by atoms with E-state index < -0.39 is 11.4 Å². The summed E-state index contributed by atoms with van der Waals surface area (Å²) in [5.41, 5.74) is -1.09. The smallest absolute Gasteiger partial charge is 0.295 e. The molecular weight excluding hydrogens is 243 g/mol. The van der Waals surface area contributed by atoms with Crippen LogP contribution >= 0.6 is 8.73 Å². The number of carbonyl (C=O) groups excluding carboxylic acids is 1. The lowest BCUT2D eigenvalue weighted by molar-refractivity contribution is -0.115. The van der Waals surface area contributed by atoms with Crippen LogP contribution in [-0.2, 0) is 11.3 Å². The van der Waals surface area contributed by atoms with E-state index in [9.17, 15) is 14.4 Å². The first-order chi connectivity index (χ1) is 8.04. The molecule has 0 aliphatic carbocycles. The Morgan fingerprint density at radius 3 is 2.53 bits per heavy atom. The third kappa shape index (κ3) is 2.79. The summed E-state index contributed by atoms with van der Waals surface area (Å²) in [6, 6.07) is 0. The van der Waals surface area contributed by atoms with Gasteiger partial charge in [0, 0.05) is 13.0 Å². The van der Waals surface area contributed by atoms with Gasteiger partial charge in [-0.3, -0.25) is 10.1 Å². The molecule has 94 valence electrons. The summed E-state index contributed by atoms with van der Waals surface area (Å²) in [5.74, 6) is -0.255. The van der Waals surface area contributed by atoms with E-state index in [0.717, 1.165) is 4.57 Å². The van der Waals surface area contributed by atoms with Crippen molar-refractivity contribution in [3.8, 4) is 0 Å². The van der Waals surface area contributed by atoms with E-state index in [0.29, 0.717) is 0 Å². The zero-order valence-electron chi connectivity index (χ0n) is 9.98. The van der Waals surface area contributed by atoms with Crippen LogP contribution in [0.25, 0.3) is 0 Å². The van der Waals surface area contributed by atoms with Gasteiger partial charge in [0.05, 0.1) is 0 Å². The van der Waals surface area contributed by atoms with Gasteiger partial charge in [-0.1, -0.05) is 6.92 Å². The van der Waals surface area contributed by atoms with Crippen molar-refractivity contribution in [1.29, 1.82) is 0 Å². The summed E-state index contributed by atoms with van der Waals surface area (Å²) in [6.07, 6.45) is 0.263. The predicted molar refractivity (Wildman–Crippen MR) is 67.0 cm³/mol. The van der Waals surface area contributed by atoms with E-state index in [-0.39, 0.29) is 33.6 Å². The second-order valence-electron chi connectivity index (χ2n) is 3.21. The lowest BCUT2D eigenvalue weighted by Crippen LogP contribution is -2.40. The summed E-state index contributed by atoms with van der Waals surface area (Å²) < 4.78 is 2.32. The fraction of sp³-hybridized carbons (Fsp3) is 0.556. The van der Waals surface area contributed by atoms with Crippen molar-refractivity contribution in [2.45, 2.75) is 26.8 Å². The van der Waals surface area contributed by atoms with Crippen molar-refractivity contribution >= 4 is 20.6 Å². The van der Waals surface area contributed by atoms with Gasteiger partial charge in [-0.05, 0) is 22.3 Å². The van der Waals surface area contributed by atoms with Crippen molar-refractivity contribution in [1.82, 2.24) is 13.9 Å². The molecule has 1 unspecified atom stereocenters. The van der Waals surface area contributed by atoms with E-state index in [1.165, 1.54) is 4.34 Å². The van der Waals surface area contributed by atoms with Gasteiger partial charge >= 0.3 is 11.4 Å². The van der Waals surface area contributed by atoms with Crippen LogP contribution in [0.2, 0.25) is 0 Å². The average molecular weight is 258 g/mol. The molecule has 0 bridgehead atoms. The second-order valence-corrected chi connectivity index (χ2v) is 4.10. The monoisotopic (exact) mass is 258 g/mol. The molecule has 0 fully saturated rings. The molecule has 1 rings (SSSR count). The van der Waals surface area contributed by atoms with Crippen molar-refractivity contribution in [2.24, 2.45) is 0 Å². The van der Waals surface area contributed by atoms with Crippen molar-refractivity contribution < 1.29 is 4.79 Å². The molecule has 0 saturated heterocycles. The maximum atomic E-state index is 11.9. The minimum atomic E-state index is -0.640. The first-order valence-corrected chi connectivity index (χ1v) is 6.71. The molecule has 0 spiro atoms. The molecule has 0 saturated carbocycles. The maximum absolute atomic E-state index is 11.9. The third-order valence-corrected chi connectivity index (χ3v) is 3.03. The molecule has 1 aromatic heterocycles. The zero-order chi connectivity index (χ0) is 13.0. The normalized spacial score (nSPS) is 11.0. The molecule has 7 nitrogen and oxygen atoms in total. The SMILES string of the molecule is CCC(=O)Nc1nc(=O)n(CC)c(=O)n1PC. The molecule has 17 heavy (non-hydrogen) atoms. The number of anilines is 1. The second kappa shape index (κ2) is 5.72. The number of carbonyl (C=O) groups is 1. The van der Waals surface area contributed by atoms with Gasteiger partial charge in [0.2, 0.25) is 11.9 Å². The molecule has 0 aliphatic heterocycles. The minimum Gasteiger partial charge on any atom is -0.295 e. The molecule has 1 aromatic rings. The highest BCUT2D eigenvalue weighted by Gasteiger charge is 2.12. The maximum Gasteiger partial charge on any atom is 0.354 e. The van der Waals surface area contributed by atoms with Gasteiger partial charge in [0.15, 0.2) is 0 Å². The number of amides is 1. The Bertz CT molecular complexity index is 534. The highest BCUT2D eigenvalue weighted by atomic mass is 31.1. The molecule has 1 N–H and O–H groups in total. The number of nitrogens with zero attached hydrogens (tertiary/aromatic N) is 3. The van der Waals surface area contributed by atoms with Crippen molar-refractivity contribution in [3.63, 3.8) is 0 Å². The number of aromatic nitrogens is 3. The summed E-state index contributed by atoms with van der Waals surface area (Å²) in [7, 11) is 0.0916. The van der Waals surface area contributed by atoms with Crippen LogP contribution in [0.5, 0.6) is 0 Å². The number of hydrogen-bond acceptors (Lipinski definition) is 4. The third-order valence-electron chi connectivity index (χ3n) is 2.18. The molecule has 1 amide bonds. The Kier molecular flexibility index (Phi) is 4.57. The molecule has 0 radical (unpaired) electrons. The van der Waals surface area contributed by atoms with Gasteiger partial charge < -0.3 is 0 Å². The highest BCUT2D eigenvalue weighted by molar-refractivity contribution is 7.35. The topological polar surface area (TPSA) is 86.0 Å². The van der Waals surface area contributed by atoms with E-state index in [4.69, 9.17) is 0 Å². The number of rotatable bonds is 4. The molecule has 1 atom stereocenters. The first kappa shape index (κ1) is 13.6. The molecular formula is C9H15N4O3P. The average Bonchev–Trinajstić information content (AvgIpc) is 2.29. The fourth-order valence-electron chi connectivity index (χ4n) is 1.26. The summed E-state index contributed by atoms with van der Waals surface area (Å²) in [5, 5.41) is 2.45. The van der Waals surface area contributed by atoms with E-state index in [1.54, 1.807) is 20.5 Å². The molecule has 8 heteroatoms. The Labute approximate surface area is 99.7 Å². The standard InChI is InChI=1S/C9H15N4O3P/c1-4-6(14)10-7-11-8(15)12(5-2)9(16)13(7)17-3/h17H,4-5H2,1-3H3,(H,10,11,14,15). The Morgan fingerprint density at radius 1 is 1.41 bits per heavy atom.